The van der Waals surface area contributed by atoms with Crippen molar-refractivity contribution < 1.29 is 14.6 Å². The summed E-state index contributed by atoms with van der Waals surface area (Å²) in [5, 5.41) is 11.8. The molecular formula is C21H25NO3. The van der Waals surface area contributed by atoms with Crippen molar-refractivity contribution in [3.8, 4) is 0 Å². The first-order chi connectivity index (χ1) is 12.2. The van der Waals surface area contributed by atoms with Crippen molar-refractivity contribution in [1.82, 2.24) is 0 Å². The molecule has 0 unspecified atom stereocenters. The number of carbonyl (C=O) groups excluding carboxylic acids is 1. The summed E-state index contributed by atoms with van der Waals surface area (Å²) in [7, 11) is 1.69. The minimum absolute atomic E-state index is 0.0752. The molecule has 2 aromatic rings. The Morgan fingerprint density at radius 3 is 2.44 bits per heavy atom. The maximum atomic E-state index is 12.2. The maximum absolute atomic E-state index is 12.2. The van der Waals surface area contributed by atoms with Crippen LogP contribution in [0.4, 0.5) is 5.69 Å². The second-order valence-corrected chi connectivity index (χ2v) is 5.90. The van der Waals surface area contributed by atoms with E-state index in [4.69, 9.17) is 9.84 Å². The lowest BCUT2D eigenvalue weighted by Gasteiger charge is -2.21. The molecule has 132 valence electrons. The molecule has 0 spiro atoms. The van der Waals surface area contributed by atoms with E-state index in [0.717, 1.165) is 11.3 Å². The van der Waals surface area contributed by atoms with Crippen molar-refractivity contribution in [1.29, 1.82) is 0 Å². The quantitative estimate of drug-likeness (QED) is 0.709. The molecule has 25 heavy (non-hydrogen) atoms. The third kappa shape index (κ3) is 5.55. The Morgan fingerprint density at radius 2 is 1.84 bits per heavy atom. The molecule has 0 aliphatic rings. The Hall–Kier alpha value is -2.43. The van der Waals surface area contributed by atoms with Crippen LogP contribution in [0.15, 0.2) is 66.7 Å². The van der Waals surface area contributed by atoms with Crippen LogP contribution in [0, 0.1) is 5.92 Å². The molecule has 0 bridgehead atoms. The topological polar surface area (TPSA) is 58.6 Å². The lowest BCUT2D eigenvalue weighted by Crippen LogP contribution is -2.13. The molecule has 2 aromatic carbocycles. The van der Waals surface area contributed by atoms with E-state index in [1.54, 1.807) is 19.2 Å². The molecule has 0 saturated heterocycles. The molecule has 0 aliphatic heterocycles. The largest absolute Gasteiger partial charge is 0.396 e. The van der Waals surface area contributed by atoms with Crippen LogP contribution < -0.4 is 5.32 Å². The first-order valence-electron chi connectivity index (χ1n) is 8.42. The average Bonchev–Trinajstić information content (AvgIpc) is 2.64. The van der Waals surface area contributed by atoms with E-state index < -0.39 is 0 Å². The molecule has 2 N–H and O–H groups in total. The van der Waals surface area contributed by atoms with E-state index >= 15 is 0 Å². The SMILES string of the molecule is CO[C@H](c1ccc(NC(=O)c2ccccc2)cc1)[C@H](C)/C=C/CCO. The molecular weight excluding hydrogens is 314 g/mol. The first-order valence-corrected chi connectivity index (χ1v) is 8.42. The highest BCUT2D eigenvalue weighted by atomic mass is 16.5. The smallest absolute Gasteiger partial charge is 0.255 e. The molecule has 0 saturated carbocycles. The van der Waals surface area contributed by atoms with E-state index in [1.807, 2.05) is 48.5 Å². The molecule has 1 amide bonds. The predicted molar refractivity (Wildman–Crippen MR) is 101 cm³/mol. The first kappa shape index (κ1) is 18.9. The zero-order valence-corrected chi connectivity index (χ0v) is 14.7. The van der Waals surface area contributed by atoms with Crippen molar-refractivity contribution in [2.24, 2.45) is 5.92 Å². The number of amides is 1. The van der Waals surface area contributed by atoms with Gasteiger partial charge in [0.2, 0.25) is 0 Å². The van der Waals surface area contributed by atoms with Crippen LogP contribution in [0.2, 0.25) is 0 Å². The average molecular weight is 339 g/mol. The molecule has 0 fully saturated rings. The Morgan fingerprint density at radius 1 is 1.16 bits per heavy atom. The number of benzene rings is 2. The Bertz CT molecular complexity index is 680. The van der Waals surface area contributed by atoms with E-state index in [1.165, 1.54) is 0 Å². The number of hydrogen-bond acceptors (Lipinski definition) is 3. The number of hydrogen-bond donors (Lipinski definition) is 2. The van der Waals surface area contributed by atoms with Crippen LogP contribution in [0.25, 0.3) is 0 Å². The number of aliphatic hydroxyl groups excluding tert-OH is 1. The lowest BCUT2D eigenvalue weighted by atomic mass is 9.96. The highest BCUT2D eigenvalue weighted by molar-refractivity contribution is 6.04. The fourth-order valence-electron chi connectivity index (χ4n) is 2.69. The number of rotatable bonds is 8. The fraction of sp³-hybridized carbons (Fsp3) is 0.286. The molecule has 2 atom stereocenters. The van der Waals surface area contributed by atoms with Crippen molar-refractivity contribution in [3.63, 3.8) is 0 Å². The number of carbonyl (C=O) groups is 1. The van der Waals surface area contributed by atoms with Crippen molar-refractivity contribution >= 4 is 11.6 Å². The van der Waals surface area contributed by atoms with E-state index in [2.05, 4.69) is 18.3 Å². The summed E-state index contributed by atoms with van der Waals surface area (Å²) in [6.45, 7) is 2.23. The Balaban J connectivity index is 2.03. The van der Waals surface area contributed by atoms with Crippen LogP contribution in [0.1, 0.15) is 35.4 Å². The van der Waals surface area contributed by atoms with Crippen molar-refractivity contribution in [2.75, 3.05) is 19.0 Å². The molecule has 4 nitrogen and oxygen atoms in total. The summed E-state index contributed by atoms with van der Waals surface area (Å²) in [5.74, 6) is 0.0539. The van der Waals surface area contributed by atoms with Gasteiger partial charge in [-0.15, -0.1) is 0 Å². The summed E-state index contributed by atoms with van der Waals surface area (Å²) in [5.41, 5.74) is 2.42. The van der Waals surface area contributed by atoms with Gasteiger partial charge >= 0.3 is 0 Å². The van der Waals surface area contributed by atoms with Gasteiger partial charge in [-0.05, 0) is 36.2 Å². The standard InChI is InChI=1S/C21H25NO3/c1-16(8-6-7-15-23)20(25-2)17-11-13-19(14-12-17)22-21(24)18-9-4-3-5-10-18/h3-6,8-14,16,20,23H,7,15H2,1-2H3,(H,22,24)/b8-6+/t16-,20+/m1/s1. The van der Waals surface area contributed by atoms with Crippen LogP contribution >= 0.6 is 0 Å². The van der Waals surface area contributed by atoms with Crippen LogP contribution in [-0.4, -0.2) is 24.7 Å². The zero-order valence-electron chi connectivity index (χ0n) is 14.7. The minimum Gasteiger partial charge on any atom is -0.396 e. The van der Waals surface area contributed by atoms with Gasteiger partial charge in [-0.25, -0.2) is 0 Å². The third-order valence-electron chi connectivity index (χ3n) is 4.00. The number of aliphatic hydroxyl groups is 1. The molecule has 0 radical (unpaired) electrons. The zero-order chi connectivity index (χ0) is 18.1. The summed E-state index contributed by atoms with van der Waals surface area (Å²) < 4.78 is 5.62. The van der Waals surface area contributed by atoms with E-state index in [-0.39, 0.29) is 24.5 Å². The number of anilines is 1. The Kier molecular flexibility index (Phi) is 7.38. The summed E-state index contributed by atoms with van der Waals surface area (Å²) >= 11 is 0. The van der Waals surface area contributed by atoms with Crippen LogP contribution in [-0.2, 0) is 4.74 Å². The van der Waals surface area contributed by atoms with Gasteiger partial charge in [0.1, 0.15) is 0 Å². The highest BCUT2D eigenvalue weighted by Crippen LogP contribution is 2.27. The van der Waals surface area contributed by atoms with E-state index in [9.17, 15) is 4.79 Å². The normalized spacial score (nSPS) is 13.6. The van der Waals surface area contributed by atoms with Crippen LogP contribution in [0.3, 0.4) is 0 Å². The lowest BCUT2D eigenvalue weighted by molar-refractivity contribution is 0.0740. The molecule has 0 aromatic heterocycles. The molecule has 0 heterocycles. The maximum Gasteiger partial charge on any atom is 0.255 e. The van der Waals surface area contributed by atoms with Gasteiger partial charge in [0.15, 0.2) is 0 Å². The molecule has 2 rings (SSSR count). The number of ether oxygens (including phenoxy) is 1. The number of methoxy groups -OCH3 is 1. The minimum atomic E-state index is -0.128. The van der Waals surface area contributed by atoms with Crippen LogP contribution in [0.5, 0.6) is 0 Å². The monoisotopic (exact) mass is 339 g/mol. The Labute approximate surface area is 149 Å². The summed E-state index contributed by atoms with van der Waals surface area (Å²) in [6, 6.07) is 16.8. The third-order valence-corrected chi connectivity index (χ3v) is 4.00. The van der Waals surface area contributed by atoms with Gasteiger partial charge in [0, 0.05) is 30.9 Å². The fourth-order valence-corrected chi connectivity index (χ4v) is 2.69. The highest BCUT2D eigenvalue weighted by Gasteiger charge is 2.16. The number of nitrogens with one attached hydrogen (secondary N) is 1. The van der Waals surface area contributed by atoms with Gasteiger partial charge in [-0.1, -0.05) is 49.4 Å². The summed E-state index contributed by atoms with van der Waals surface area (Å²) in [4.78, 5) is 12.2. The van der Waals surface area contributed by atoms with Crippen molar-refractivity contribution in [3.05, 3.63) is 77.9 Å². The predicted octanol–water partition coefficient (Wildman–Crippen LogP) is 4.20. The van der Waals surface area contributed by atoms with Crippen molar-refractivity contribution in [2.45, 2.75) is 19.4 Å². The second kappa shape index (κ2) is 9.77. The summed E-state index contributed by atoms with van der Waals surface area (Å²) in [6.07, 6.45) is 4.58. The van der Waals surface area contributed by atoms with Gasteiger partial charge < -0.3 is 15.2 Å². The van der Waals surface area contributed by atoms with Gasteiger partial charge in [-0.3, -0.25) is 4.79 Å². The van der Waals surface area contributed by atoms with Gasteiger partial charge in [-0.2, -0.15) is 0 Å². The second-order valence-electron chi connectivity index (χ2n) is 5.90. The van der Waals surface area contributed by atoms with Gasteiger partial charge in [0.05, 0.1) is 6.10 Å². The van der Waals surface area contributed by atoms with Gasteiger partial charge in [0.25, 0.3) is 5.91 Å². The molecule has 0 aliphatic carbocycles. The van der Waals surface area contributed by atoms with E-state index in [0.29, 0.717) is 12.0 Å². The molecule has 4 heteroatoms.